The predicted molar refractivity (Wildman–Crippen MR) is 103 cm³/mol. The zero-order chi connectivity index (χ0) is 19.9. The Hall–Kier alpha value is -2.58. The molecule has 0 spiro atoms. The maximum atomic E-state index is 12.5. The number of rotatable bonds is 9. The number of aryl methyl sites for hydroxylation is 1. The number of methoxy groups -OCH3 is 1. The molecular formula is C19H24N2O5S. The minimum absolute atomic E-state index is 0.0135. The molecule has 2 aromatic rings. The average molecular weight is 392 g/mol. The number of para-hydroxylation sites is 1. The van der Waals surface area contributed by atoms with E-state index in [1.165, 1.54) is 25.3 Å². The molecule has 0 aromatic heterocycles. The van der Waals surface area contributed by atoms with Crippen molar-refractivity contribution in [1.82, 2.24) is 10.0 Å². The summed E-state index contributed by atoms with van der Waals surface area (Å²) in [4.78, 5) is 12.1. The summed E-state index contributed by atoms with van der Waals surface area (Å²) < 4.78 is 38.2. The molecule has 146 valence electrons. The van der Waals surface area contributed by atoms with Gasteiger partial charge in [-0.1, -0.05) is 18.2 Å². The molecule has 0 aliphatic heterocycles. The summed E-state index contributed by atoms with van der Waals surface area (Å²) in [6.45, 7) is 4.40. The topological polar surface area (TPSA) is 93.7 Å². The van der Waals surface area contributed by atoms with Gasteiger partial charge < -0.3 is 14.8 Å². The smallest absolute Gasteiger partial charge is 0.255 e. The summed E-state index contributed by atoms with van der Waals surface area (Å²) in [5, 5.41) is 2.64. The van der Waals surface area contributed by atoms with Gasteiger partial charge in [-0.25, -0.2) is 13.1 Å². The van der Waals surface area contributed by atoms with Gasteiger partial charge in [0, 0.05) is 13.1 Å². The molecule has 0 fully saturated rings. The molecule has 0 radical (unpaired) electrons. The summed E-state index contributed by atoms with van der Waals surface area (Å²) in [5.41, 5.74) is 1.14. The lowest BCUT2D eigenvalue weighted by Crippen LogP contribution is -2.29. The van der Waals surface area contributed by atoms with Gasteiger partial charge in [-0.3, -0.25) is 4.79 Å². The fourth-order valence-corrected chi connectivity index (χ4v) is 3.47. The number of hydrogen-bond acceptors (Lipinski definition) is 5. The van der Waals surface area contributed by atoms with E-state index >= 15 is 0 Å². The monoisotopic (exact) mass is 392 g/mol. The van der Waals surface area contributed by atoms with Crippen molar-refractivity contribution in [2.75, 3.05) is 26.8 Å². The Balaban J connectivity index is 2.06. The quantitative estimate of drug-likeness (QED) is 0.638. The summed E-state index contributed by atoms with van der Waals surface area (Å²) in [6.07, 6.45) is 0. The van der Waals surface area contributed by atoms with Crippen LogP contribution >= 0.6 is 0 Å². The van der Waals surface area contributed by atoms with Crippen LogP contribution in [0.1, 0.15) is 22.8 Å². The molecule has 2 rings (SSSR count). The molecule has 2 N–H and O–H groups in total. The number of carbonyl (C=O) groups excluding carboxylic acids is 1. The average Bonchev–Trinajstić information content (AvgIpc) is 2.66. The summed E-state index contributed by atoms with van der Waals surface area (Å²) in [5.74, 6) is 0.622. The van der Waals surface area contributed by atoms with Crippen LogP contribution in [0.3, 0.4) is 0 Å². The van der Waals surface area contributed by atoms with E-state index in [-0.39, 0.29) is 23.6 Å². The van der Waals surface area contributed by atoms with E-state index in [2.05, 4.69) is 10.0 Å². The highest BCUT2D eigenvalue weighted by molar-refractivity contribution is 7.89. The molecule has 0 unspecified atom stereocenters. The number of carbonyl (C=O) groups is 1. The van der Waals surface area contributed by atoms with Crippen molar-refractivity contribution in [3.05, 3.63) is 53.6 Å². The predicted octanol–water partition coefficient (Wildman–Crippen LogP) is 2.11. The largest absolute Gasteiger partial charge is 0.496 e. The number of hydrogen-bond donors (Lipinski definition) is 2. The van der Waals surface area contributed by atoms with Gasteiger partial charge in [-0.05, 0) is 43.7 Å². The molecule has 0 bridgehead atoms. The zero-order valence-corrected chi connectivity index (χ0v) is 16.4. The highest BCUT2D eigenvalue weighted by atomic mass is 32.2. The maximum absolute atomic E-state index is 12.5. The minimum atomic E-state index is -3.79. The molecule has 2 aromatic carbocycles. The molecule has 0 heterocycles. The van der Waals surface area contributed by atoms with Gasteiger partial charge in [0.15, 0.2) is 0 Å². The minimum Gasteiger partial charge on any atom is -0.496 e. The second kappa shape index (κ2) is 9.38. The Morgan fingerprint density at radius 1 is 1.11 bits per heavy atom. The highest BCUT2D eigenvalue weighted by Gasteiger charge is 2.19. The Morgan fingerprint density at radius 2 is 1.85 bits per heavy atom. The second-order valence-electron chi connectivity index (χ2n) is 5.73. The SMILES string of the molecule is CCNC(=O)c1cc(S(=O)(=O)NCCOc2ccccc2C)ccc1OC. The highest BCUT2D eigenvalue weighted by Crippen LogP contribution is 2.22. The van der Waals surface area contributed by atoms with Gasteiger partial charge in [-0.15, -0.1) is 0 Å². The molecule has 1 amide bonds. The number of benzene rings is 2. The molecule has 7 nitrogen and oxygen atoms in total. The Bertz CT molecular complexity index is 897. The third-order valence-corrected chi connectivity index (χ3v) is 5.27. The molecule has 0 saturated heterocycles. The Kier molecular flexibility index (Phi) is 7.20. The van der Waals surface area contributed by atoms with Crippen molar-refractivity contribution in [3.8, 4) is 11.5 Å². The first-order valence-electron chi connectivity index (χ1n) is 8.53. The van der Waals surface area contributed by atoms with Crippen LogP contribution in [0, 0.1) is 6.92 Å². The Morgan fingerprint density at radius 3 is 2.52 bits per heavy atom. The van der Waals surface area contributed by atoms with Crippen molar-refractivity contribution in [2.24, 2.45) is 0 Å². The third kappa shape index (κ3) is 5.45. The van der Waals surface area contributed by atoms with Crippen molar-refractivity contribution in [1.29, 1.82) is 0 Å². The molecule has 0 atom stereocenters. The first-order chi connectivity index (χ1) is 12.9. The summed E-state index contributed by atoms with van der Waals surface area (Å²) >= 11 is 0. The van der Waals surface area contributed by atoms with E-state index in [9.17, 15) is 13.2 Å². The van der Waals surface area contributed by atoms with Crippen LogP contribution in [0.2, 0.25) is 0 Å². The first kappa shape index (κ1) is 20.7. The molecular weight excluding hydrogens is 368 g/mol. The van der Waals surface area contributed by atoms with E-state index < -0.39 is 15.9 Å². The van der Waals surface area contributed by atoms with Crippen LogP contribution in [-0.2, 0) is 10.0 Å². The van der Waals surface area contributed by atoms with Crippen LogP contribution in [-0.4, -0.2) is 41.1 Å². The standard InChI is InChI=1S/C19H24N2O5S/c1-4-20-19(22)16-13-15(9-10-18(16)25-3)27(23,24)21-11-12-26-17-8-6-5-7-14(17)2/h5-10,13,21H,4,11-12H2,1-3H3,(H,20,22). The van der Waals surface area contributed by atoms with Crippen molar-refractivity contribution in [2.45, 2.75) is 18.7 Å². The van der Waals surface area contributed by atoms with Gasteiger partial charge in [-0.2, -0.15) is 0 Å². The van der Waals surface area contributed by atoms with E-state index in [1.54, 1.807) is 6.92 Å². The molecule has 27 heavy (non-hydrogen) atoms. The third-order valence-electron chi connectivity index (χ3n) is 3.81. The maximum Gasteiger partial charge on any atom is 0.255 e. The van der Waals surface area contributed by atoms with Gasteiger partial charge in [0.25, 0.3) is 5.91 Å². The molecule has 0 saturated carbocycles. The molecule has 8 heteroatoms. The second-order valence-corrected chi connectivity index (χ2v) is 7.50. The van der Waals surface area contributed by atoms with Gasteiger partial charge in [0.05, 0.1) is 17.6 Å². The van der Waals surface area contributed by atoms with Gasteiger partial charge in [0.2, 0.25) is 10.0 Å². The normalized spacial score (nSPS) is 11.1. The number of nitrogens with one attached hydrogen (secondary N) is 2. The van der Waals surface area contributed by atoms with Crippen molar-refractivity contribution < 1.29 is 22.7 Å². The van der Waals surface area contributed by atoms with Crippen LogP contribution in [0.15, 0.2) is 47.4 Å². The Labute approximate surface area is 159 Å². The first-order valence-corrected chi connectivity index (χ1v) is 10.0. The van der Waals surface area contributed by atoms with Crippen LogP contribution < -0.4 is 19.5 Å². The van der Waals surface area contributed by atoms with Crippen molar-refractivity contribution >= 4 is 15.9 Å². The lowest BCUT2D eigenvalue weighted by Gasteiger charge is -2.12. The molecule has 0 aliphatic rings. The number of amides is 1. The molecule has 0 aliphatic carbocycles. The van der Waals surface area contributed by atoms with Gasteiger partial charge in [0.1, 0.15) is 18.1 Å². The summed E-state index contributed by atoms with van der Waals surface area (Å²) in [7, 11) is -2.36. The van der Waals surface area contributed by atoms with E-state index in [4.69, 9.17) is 9.47 Å². The fourth-order valence-electron chi connectivity index (χ4n) is 2.43. The van der Waals surface area contributed by atoms with Gasteiger partial charge >= 0.3 is 0 Å². The summed E-state index contributed by atoms with van der Waals surface area (Å²) in [6, 6.07) is 11.7. The fraction of sp³-hybridized carbons (Fsp3) is 0.316. The van der Waals surface area contributed by atoms with Crippen LogP contribution in [0.25, 0.3) is 0 Å². The van der Waals surface area contributed by atoms with E-state index in [0.717, 1.165) is 5.56 Å². The lowest BCUT2D eigenvalue weighted by molar-refractivity contribution is 0.0952. The number of sulfonamides is 1. The van der Waals surface area contributed by atoms with Crippen LogP contribution in [0.5, 0.6) is 11.5 Å². The van der Waals surface area contributed by atoms with E-state index in [1.807, 2.05) is 31.2 Å². The van der Waals surface area contributed by atoms with Crippen molar-refractivity contribution in [3.63, 3.8) is 0 Å². The van der Waals surface area contributed by atoms with Crippen LogP contribution in [0.4, 0.5) is 0 Å². The lowest BCUT2D eigenvalue weighted by atomic mass is 10.2. The van der Waals surface area contributed by atoms with E-state index in [0.29, 0.717) is 18.0 Å². The zero-order valence-electron chi connectivity index (χ0n) is 15.6. The number of ether oxygens (including phenoxy) is 2.